The molecule has 1 aliphatic rings. The predicted molar refractivity (Wildman–Crippen MR) is 98.1 cm³/mol. The minimum atomic E-state index is -0.830. The summed E-state index contributed by atoms with van der Waals surface area (Å²) in [5, 5.41) is 11.4. The van der Waals surface area contributed by atoms with E-state index >= 15 is 0 Å². The first kappa shape index (κ1) is 16.8. The lowest BCUT2D eigenvalue weighted by molar-refractivity contribution is -0.119. The Morgan fingerprint density at radius 1 is 1.27 bits per heavy atom. The largest absolute Gasteiger partial charge is 0.324 e. The first-order chi connectivity index (χ1) is 12.5. The highest BCUT2D eigenvalue weighted by Crippen LogP contribution is 2.33. The van der Waals surface area contributed by atoms with Crippen molar-refractivity contribution >= 4 is 33.1 Å². The van der Waals surface area contributed by atoms with Crippen LogP contribution in [0.25, 0.3) is 10.2 Å². The highest BCUT2D eigenvalue weighted by atomic mass is 32.1. The number of amides is 1. The molecule has 0 radical (unpaired) electrons. The number of fused-ring (bicyclic) bond motifs is 3. The van der Waals surface area contributed by atoms with Crippen LogP contribution in [-0.2, 0) is 17.6 Å². The lowest BCUT2D eigenvalue weighted by Gasteiger charge is -2.14. The van der Waals surface area contributed by atoms with Gasteiger partial charge in [-0.25, -0.2) is 4.39 Å². The topological polar surface area (TPSA) is 76.9 Å². The van der Waals surface area contributed by atoms with Crippen molar-refractivity contribution in [3.8, 4) is 0 Å². The molecule has 0 spiro atoms. The van der Waals surface area contributed by atoms with Crippen molar-refractivity contribution in [2.45, 2.75) is 38.6 Å². The predicted octanol–water partition coefficient (Wildman–Crippen LogP) is 3.07. The Labute approximate surface area is 152 Å². The number of rotatable bonds is 3. The standard InChI is InChI=1S/C18H17FN4O2S/c1-10(16(24)20-12-8-6-11(19)7-9-12)23-18(25)15-13-4-2-3-5-14(13)26-17(15)21-22-23/h6-10H,2-5H2,1H3,(H,20,24)/t10-/m1/s1. The zero-order valence-electron chi connectivity index (χ0n) is 14.2. The summed E-state index contributed by atoms with van der Waals surface area (Å²) in [5.41, 5.74) is 1.24. The van der Waals surface area contributed by atoms with Gasteiger partial charge in [-0.3, -0.25) is 9.59 Å². The Morgan fingerprint density at radius 3 is 2.77 bits per heavy atom. The van der Waals surface area contributed by atoms with Gasteiger partial charge < -0.3 is 5.32 Å². The molecule has 0 aliphatic heterocycles. The summed E-state index contributed by atoms with van der Waals surface area (Å²) in [7, 11) is 0. The molecule has 0 unspecified atom stereocenters. The van der Waals surface area contributed by atoms with Crippen LogP contribution in [0.1, 0.15) is 36.2 Å². The van der Waals surface area contributed by atoms with E-state index in [1.165, 1.54) is 40.5 Å². The highest BCUT2D eigenvalue weighted by Gasteiger charge is 2.24. The zero-order chi connectivity index (χ0) is 18.3. The number of nitrogens with one attached hydrogen (secondary N) is 1. The zero-order valence-corrected chi connectivity index (χ0v) is 15.0. The Morgan fingerprint density at radius 2 is 2.00 bits per heavy atom. The second-order valence-electron chi connectivity index (χ2n) is 6.40. The van der Waals surface area contributed by atoms with Gasteiger partial charge in [-0.05, 0) is 62.4 Å². The first-order valence-electron chi connectivity index (χ1n) is 8.51. The van der Waals surface area contributed by atoms with E-state index in [-0.39, 0.29) is 11.4 Å². The number of anilines is 1. The van der Waals surface area contributed by atoms with Crippen LogP contribution >= 0.6 is 11.3 Å². The smallest absolute Gasteiger partial charge is 0.279 e. The third kappa shape index (κ3) is 2.90. The summed E-state index contributed by atoms with van der Waals surface area (Å²) < 4.78 is 14.1. The SMILES string of the molecule is C[C@H](C(=O)Nc1ccc(F)cc1)n1nnc2sc3c(c2c1=O)CCCC3. The van der Waals surface area contributed by atoms with Crippen LogP contribution in [0.3, 0.4) is 0 Å². The number of aromatic nitrogens is 3. The quantitative estimate of drug-likeness (QED) is 0.767. The lowest BCUT2D eigenvalue weighted by Crippen LogP contribution is -2.34. The van der Waals surface area contributed by atoms with Gasteiger partial charge in [-0.1, -0.05) is 5.21 Å². The molecule has 2 heterocycles. The second-order valence-corrected chi connectivity index (χ2v) is 7.49. The number of carbonyl (C=O) groups is 1. The Bertz CT molecular complexity index is 1040. The van der Waals surface area contributed by atoms with Gasteiger partial charge in [0.05, 0.1) is 5.39 Å². The van der Waals surface area contributed by atoms with E-state index in [1.807, 2.05) is 0 Å². The number of benzene rings is 1. The van der Waals surface area contributed by atoms with E-state index in [4.69, 9.17) is 0 Å². The average molecular weight is 372 g/mol. The maximum absolute atomic E-state index is 13.0. The summed E-state index contributed by atoms with van der Waals surface area (Å²) in [6.45, 7) is 1.60. The second kappa shape index (κ2) is 6.60. The Hall–Kier alpha value is -2.61. The maximum Gasteiger partial charge on any atom is 0.279 e. The molecule has 0 fully saturated rings. The Kier molecular flexibility index (Phi) is 4.28. The summed E-state index contributed by atoms with van der Waals surface area (Å²) in [5.74, 6) is -0.790. The summed E-state index contributed by atoms with van der Waals surface area (Å²) in [6, 6.07) is 4.62. The number of thiophene rings is 1. The van der Waals surface area contributed by atoms with Crippen LogP contribution in [0.4, 0.5) is 10.1 Å². The number of hydrogen-bond donors (Lipinski definition) is 1. The molecule has 0 saturated heterocycles. The molecule has 1 N–H and O–H groups in total. The molecule has 1 atom stereocenters. The van der Waals surface area contributed by atoms with Gasteiger partial charge in [0.15, 0.2) is 4.83 Å². The van der Waals surface area contributed by atoms with Crippen molar-refractivity contribution in [2.75, 3.05) is 5.32 Å². The third-order valence-electron chi connectivity index (χ3n) is 4.66. The summed E-state index contributed by atoms with van der Waals surface area (Å²) in [6.07, 6.45) is 4.02. The van der Waals surface area contributed by atoms with Crippen LogP contribution in [0.15, 0.2) is 29.1 Å². The molecule has 2 aromatic heterocycles. The average Bonchev–Trinajstić information content (AvgIpc) is 3.02. The molecule has 0 bridgehead atoms. The fourth-order valence-electron chi connectivity index (χ4n) is 3.23. The molecule has 0 saturated carbocycles. The van der Waals surface area contributed by atoms with E-state index in [9.17, 15) is 14.0 Å². The molecule has 1 aromatic carbocycles. The molecule has 8 heteroatoms. The lowest BCUT2D eigenvalue weighted by atomic mass is 9.97. The van der Waals surface area contributed by atoms with Gasteiger partial charge in [-0.2, -0.15) is 4.68 Å². The minimum Gasteiger partial charge on any atom is -0.324 e. The fourth-order valence-corrected chi connectivity index (χ4v) is 4.43. The van der Waals surface area contributed by atoms with Crippen molar-refractivity contribution in [1.82, 2.24) is 15.0 Å². The summed E-state index contributed by atoms with van der Waals surface area (Å²) >= 11 is 1.52. The number of nitrogens with zero attached hydrogens (tertiary/aromatic N) is 3. The number of halogens is 1. The van der Waals surface area contributed by atoms with Gasteiger partial charge in [-0.15, -0.1) is 16.4 Å². The molecule has 1 aliphatic carbocycles. The maximum atomic E-state index is 13.0. The molecule has 6 nitrogen and oxygen atoms in total. The molecule has 1 amide bonds. The van der Waals surface area contributed by atoms with Crippen molar-refractivity contribution in [1.29, 1.82) is 0 Å². The number of carbonyl (C=O) groups excluding carboxylic acids is 1. The van der Waals surface area contributed by atoms with Crippen LogP contribution < -0.4 is 10.9 Å². The number of aryl methyl sites for hydroxylation is 2. The van der Waals surface area contributed by atoms with Crippen molar-refractivity contribution in [2.24, 2.45) is 0 Å². The molecule has 3 aromatic rings. The molecular formula is C18H17FN4O2S. The molecule has 26 heavy (non-hydrogen) atoms. The van der Waals surface area contributed by atoms with E-state index in [0.717, 1.165) is 35.9 Å². The normalized spacial score (nSPS) is 14.8. The van der Waals surface area contributed by atoms with Gasteiger partial charge in [0.25, 0.3) is 5.56 Å². The van der Waals surface area contributed by atoms with Crippen LogP contribution in [0.5, 0.6) is 0 Å². The number of hydrogen-bond acceptors (Lipinski definition) is 5. The van der Waals surface area contributed by atoms with Gasteiger partial charge in [0.1, 0.15) is 11.9 Å². The Balaban J connectivity index is 1.67. The van der Waals surface area contributed by atoms with Gasteiger partial charge >= 0.3 is 0 Å². The van der Waals surface area contributed by atoms with Crippen LogP contribution in [0.2, 0.25) is 0 Å². The monoisotopic (exact) mass is 372 g/mol. The first-order valence-corrected chi connectivity index (χ1v) is 9.32. The van der Waals surface area contributed by atoms with Crippen LogP contribution in [0, 0.1) is 5.82 Å². The van der Waals surface area contributed by atoms with Crippen molar-refractivity contribution < 1.29 is 9.18 Å². The molecule has 134 valence electrons. The highest BCUT2D eigenvalue weighted by molar-refractivity contribution is 7.18. The van der Waals surface area contributed by atoms with Crippen LogP contribution in [-0.4, -0.2) is 20.9 Å². The minimum absolute atomic E-state index is 0.281. The van der Waals surface area contributed by atoms with E-state index in [0.29, 0.717) is 15.9 Å². The summed E-state index contributed by atoms with van der Waals surface area (Å²) in [4.78, 5) is 27.3. The van der Waals surface area contributed by atoms with Gasteiger partial charge in [0.2, 0.25) is 5.91 Å². The van der Waals surface area contributed by atoms with E-state index < -0.39 is 11.9 Å². The molecule has 4 rings (SSSR count). The van der Waals surface area contributed by atoms with E-state index in [2.05, 4.69) is 15.6 Å². The van der Waals surface area contributed by atoms with E-state index in [1.54, 1.807) is 6.92 Å². The fraction of sp³-hybridized carbons (Fsp3) is 0.333. The molecular weight excluding hydrogens is 355 g/mol. The van der Waals surface area contributed by atoms with Crippen molar-refractivity contribution in [3.05, 3.63) is 50.9 Å². The third-order valence-corrected chi connectivity index (χ3v) is 5.84. The van der Waals surface area contributed by atoms with Gasteiger partial charge in [0, 0.05) is 10.6 Å². The van der Waals surface area contributed by atoms with Crippen molar-refractivity contribution in [3.63, 3.8) is 0 Å².